The standard InChI is InChI=1S/C16H24N2O3/c1-4-18(11-13-8-6-5-7-9-13)16(21)17-14(15(19)20)10-12(2)3/h5-9,12,14H,4,10-11H2,1-3H3,(H,17,21)(H,19,20)/t14-/m0/s1. The van der Waals surface area contributed by atoms with Gasteiger partial charge in [0.25, 0.3) is 0 Å². The lowest BCUT2D eigenvalue weighted by atomic mass is 10.0. The van der Waals surface area contributed by atoms with Gasteiger partial charge >= 0.3 is 12.0 Å². The maximum Gasteiger partial charge on any atom is 0.326 e. The summed E-state index contributed by atoms with van der Waals surface area (Å²) in [6, 6.07) is 8.46. The van der Waals surface area contributed by atoms with Gasteiger partial charge in [0.1, 0.15) is 6.04 Å². The van der Waals surface area contributed by atoms with Crippen molar-refractivity contribution in [2.24, 2.45) is 5.92 Å². The minimum Gasteiger partial charge on any atom is -0.480 e. The van der Waals surface area contributed by atoms with Crippen molar-refractivity contribution in [2.75, 3.05) is 6.54 Å². The monoisotopic (exact) mass is 292 g/mol. The van der Waals surface area contributed by atoms with E-state index in [4.69, 9.17) is 0 Å². The number of carboxylic acid groups (broad SMARTS) is 1. The molecule has 1 aromatic carbocycles. The van der Waals surface area contributed by atoms with Crippen LogP contribution in [0.1, 0.15) is 32.8 Å². The van der Waals surface area contributed by atoms with E-state index in [1.165, 1.54) is 0 Å². The highest BCUT2D eigenvalue weighted by molar-refractivity contribution is 5.82. The number of nitrogens with zero attached hydrogens (tertiary/aromatic N) is 1. The molecule has 5 heteroatoms. The van der Waals surface area contributed by atoms with E-state index in [0.717, 1.165) is 5.56 Å². The van der Waals surface area contributed by atoms with Crippen molar-refractivity contribution in [1.29, 1.82) is 0 Å². The molecule has 1 atom stereocenters. The number of hydrogen-bond acceptors (Lipinski definition) is 2. The summed E-state index contributed by atoms with van der Waals surface area (Å²) in [7, 11) is 0. The number of rotatable bonds is 7. The van der Waals surface area contributed by atoms with E-state index >= 15 is 0 Å². The Hall–Kier alpha value is -2.04. The largest absolute Gasteiger partial charge is 0.480 e. The zero-order valence-corrected chi connectivity index (χ0v) is 12.9. The third-order valence-electron chi connectivity index (χ3n) is 3.19. The number of aliphatic carboxylic acids is 1. The third-order valence-corrected chi connectivity index (χ3v) is 3.19. The van der Waals surface area contributed by atoms with Crippen molar-refractivity contribution in [3.05, 3.63) is 35.9 Å². The summed E-state index contributed by atoms with van der Waals surface area (Å²) in [5.41, 5.74) is 1.02. The number of benzene rings is 1. The average Bonchev–Trinajstić information content (AvgIpc) is 2.44. The first-order valence-electron chi connectivity index (χ1n) is 7.26. The topological polar surface area (TPSA) is 69.6 Å². The molecule has 0 saturated heterocycles. The van der Waals surface area contributed by atoms with Gasteiger partial charge in [-0.15, -0.1) is 0 Å². The van der Waals surface area contributed by atoms with E-state index in [0.29, 0.717) is 19.5 Å². The Morgan fingerprint density at radius 2 is 1.86 bits per heavy atom. The van der Waals surface area contributed by atoms with E-state index in [1.54, 1.807) is 4.90 Å². The Labute approximate surface area is 126 Å². The summed E-state index contributed by atoms with van der Waals surface area (Å²) >= 11 is 0. The number of amides is 2. The smallest absolute Gasteiger partial charge is 0.326 e. The van der Waals surface area contributed by atoms with Gasteiger partial charge < -0.3 is 15.3 Å². The molecule has 0 aliphatic heterocycles. The molecule has 0 bridgehead atoms. The molecule has 0 aliphatic carbocycles. The van der Waals surface area contributed by atoms with Crippen LogP contribution >= 0.6 is 0 Å². The van der Waals surface area contributed by atoms with Gasteiger partial charge in [-0.25, -0.2) is 9.59 Å². The SMILES string of the molecule is CCN(Cc1ccccc1)C(=O)N[C@@H](CC(C)C)C(=O)O. The molecule has 0 fully saturated rings. The van der Waals surface area contributed by atoms with Crippen LogP contribution in [0.2, 0.25) is 0 Å². The van der Waals surface area contributed by atoms with Crippen molar-refractivity contribution in [3.8, 4) is 0 Å². The lowest BCUT2D eigenvalue weighted by molar-refractivity contribution is -0.139. The average molecular weight is 292 g/mol. The van der Waals surface area contributed by atoms with Crippen LogP contribution < -0.4 is 5.32 Å². The second-order valence-corrected chi connectivity index (χ2v) is 5.47. The van der Waals surface area contributed by atoms with Crippen molar-refractivity contribution < 1.29 is 14.7 Å². The predicted octanol–water partition coefficient (Wildman–Crippen LogP) is 2.72. The van der Waals surface area contributed by atoms with Crippen LogP contribution in [-0.2, 0) is 11.3 Å². The molecule has 0 spiro atoms. The number of urea groups is 1. The zero-order valence-electron chi connectivity index (χ0n) is 12.9. The molecule has 0 aliphatic rings. The van der Waals surface area contributed by atoms with Crippen LogP contribution in [0.3, 0.4) is 0 Å². The first kappa shape index (κ1) is 17.0. The second kappa shape index (κ2) is 8.29. The Kier molecular flexibility index (Phi) is 6.72. The van der Waals surface area contributed by atoms with Crippen molar-refractivity contribution in [3.63, 3.8) is 0 Å². The van der Waals surface area contributed by atoms with Crippen LogP contribution in [0.5, 0.6) is 0 Å². The minimum absolute atomic E-state index is 0.204. The van der Waals surface area contributed by atoms with Gasteiger partial charge in [0, 0.05) is 13.1 Å². The zero-order chi connectivity index (χ0) is 15.8. The van der Waals surface area contributed by atoms with E-state index in [1.807, 2.05) is 51.1 Å². The maximum atomic E-state index is 12.2. The van der Waals surface area contributed by atoms with Gasteiger partial charge in [-0.1, -0.05) is 44.2 Å². The van der Waals surface area contributed by atoms with Gasteiger partial charge in [0.05, 0.1) is 0 Å². The first-order valence-corrected chi connectivity index (χ1v) is 7.26. The molecule has 2 N–H and O–H groups in total. The summed E-state index contributed by atoms with van der Waals surface area (Å²) < 4.78 is 0. The first-order chi connectivity index (χ1) is 9.93. The Morgan fingerprint density at radius 3 is 2.33 bits per heavy atom. The van der Waals surface area contributed by atoms with Crippen LogP contribution in [0.15, 0.2) is 30.3 Å². The van der Waals surface area contributed by atoms with Gasteiger partial charge in [-0.05, 0) is 24.8 Å². The predicted molar refractivity (Wildman–Crippen MR) is 81.9 cm³/mol. The summed E-state index contributed by atoms with van der Waals surface area (Å²) in [5, 5.41) is 11.8. The van der Waals surface area contributed by atoms with Gasteiger partial charge in [0.2, 0.25) is 0 Å². The molecule has 2 amide bonds. The highest BCUT2D eigenvalue weighted by Gasteiger charge is 2.23. The highest BCUT2D eigenvalue weighted by atomic mass is 16.4. The quantitative estimate of drug-likeness (QED) is 0.812. The molecule has 1 aromatic rings. The van der Waals surface area contributed by atoms with Crippen LogP contribution in [0.25, 0.3) is 0 Å². The third kappa shape index (κ3) is 5.85. The Balaban J connectivity index is 2.67. The van der Waals surface area contributed by atoms with Gasteiger partial charge in [-0.3, -0.25) is 0 Å². The molecular formula is C16H24N2O3. The lowest BCUT2D eigenvalue weighted by Gasteiger charge is -2.24. The molecule has 0 aromatic heterocycles. The molecule has 0 saturated carbocycles. The molecule has 1 rings (SSSR count). The van der Waals surface area contributed by atoms with Crippen LogP contribution in [0.4, 0.5) is 4.79 Å². The molecule has 0 radical (unpaired) electrons. The number of nitrogens with one attached hydrogen (secondary N) is 1. The van der Waals surface area contributed by atoms with Crippen molar-refractivity contribution in [1.82, 2.24) is 10.2 Å². The highest BCUT2D eigenvalue weighted by Crippen LogP contribution is 2.08. The summed E-state index contributed by atoms with van der Waals surface area (Å²) in [4.78, 5) is 25.0. The van der Waals surface area contributed by atoms with Crippen molar-refractivity contribution >= 4 is 12.0 Å². The van der Waals surface area contributed by atoms with Gasteiger partial charge in [0.15, 0.2) is 0 Å². The molecular weight excluding hydrogens is 268 g/mol. The minimum atomic E-state index is -0.993. The van der Waals surface area contributed by atoms with E-state index in [-0.39, 0.29) is 11.9 Å². The Morgan fingerprint density at radius 1 is 1.24 bits per heavy atom. The number of carboxylic acids is 1. The fourth-order valence-electron chi connectivity index (χ4n) is 2.06. The maximum absolute atomic E-state index is 12.2. The summed E-state index contributed by atoms with van der Waals surface area (Å²) in [5.74, 6) is -0.789. The number of carbonyl (C=O) groups is 2. The molecule has 5 nitrogen and oxygen atoms in total. The fraction of sp³-hybridized carbons (Fsp3) is 0.500. The number of carbonyl (C=O) groups excluding carboxylic acids is 1. The van der Waals surface area contributed by atoms with Crippen molar-refractivity contribution in [2.45, 2.75) is 39.8 Å². The molecule has 116 valence electrons. The fourth-order valence-corrected chi connectivity index (χ4v) is 2.06. The Bertz CT molecular complexity index is 460. The molecule has 0 heterocycles. The second-order valence-electron chi connectivity index (χ2n) is 5.47. The molecule has 21 heavy (non-hydrogen) atoms. The normalized spacial score (nSPS) is 12.0. The van der Waals surface area contributed by atoms with Crippen LogP contribution in [0, 0.1) is 5.92 Å². The van der Waals surface area contributed by atoms with E-state index in [2.05, 4.69) is 5.32 Å². The number of hydrogen-bond donors (Lipinski definition) is 2. The summed E-state index contributed by atoms with van der Waals surface area (Å²) in [6.45, 7) is 6.74. The van der Waals surface area contributed by atoms with Crippen LogP contribution in [-0.4, -0.2) is 34.6 Å². The summed E-state index contributed by atoms with van der Waals surface area (Å²) in [6.07, 6.45) is 0.421. The van der Waals surface area contributed by atoms with Gasteiger partial charge in [-0.2, -0.15) is 0 Å². The molecule has 0 unspecified atom stereocenters. The van der Waals surface area contributed by atoms with E-state index in [9.17, 15) is 14.7 Å². The van der Waals surface area contributed by atoms with E-state index < -0.39 is 12.0 Å². The lowest BCUT2D eigenvalue weighted by Crippen LogP contribution is -2.48.